The van der Waals surface area contributed by atoms with Crippen LogP contribution < -0.4 is 0 Å². The van der Waals surface area contributed by atoms with Gasteiger partial charge in [-0.2, -0.15) is 17.2 Å². The van der Waals surface area contributed by atoms with Crippen LogP contribution in [0.15, 0.2) is 65.3 Å². The minimum atomic E-state index is 0. The van der Waals surface area contributed by atoms with Crippen LogP contribution in [-0.4, -0.2) is 6.88 Å². The summed E-state index contributed by atoms with van der Waals surface area (Å²) in [5.41, 5.74) is 11.0. The molecule has 1 aliphatic carbocycles. The topological polar surface area (TPSA) is 0 Å². The molecule has 0 saturated carbocycles. The molecule has 0 nitrogen and oxygen atoms in total. The summed E-state index contributed by atoms with van der Waals surface area (Å²) in [6, 6.07) is 17.6. The van der Waals surface area contributed by atoms with Crippen molar-refractivity contribution in [1.29, 1.82) is 0 Å². The molecule has 2 radical (unpaired) electrons. The number of halogens is 2. The average Bonchev–Trinajstić information content (AvgIpc) is 3.19. The number of hydrogen-bond donors (Lipinski definition) is 0. The van der Waals surface area contributed by atoms with Gasteiger partial charge in [0, 0.05) is 0 Å². The van der Waals surface area contributed by atoms with Gasteiger partial charge in [-0.3, -0.25) is 6.08 Å². The molecule has 0 fully saturated rings. The Labute approximate surface area is 232 Å². The quantitative estimate of drug-likeness (QED) is 0.200. The van der Waals surface area contributed by atoms with Crippen molar-refractivity contribution in [3.05, 3.63) is 103 Å². The van der Waals surface area contributed by atoms with Crippen LogP contribution in [0.25, 0.3) is 21.9 Å². The predicted octanol–water partition coefficient (Wildman–Crippen LogP) is 9.23. The molecule has 0 heterocycles. The average molecular weight is 577 g/mol. The predicted molar refractivity (Wildman–Crippen MR) is 152 cm³/mol. The number of rotatable bonds is 1. The third-order valence-electron chi connectivity index (χ3n) is 5.97. The fourth-order valence-electron chi connectivity index (χ4n) is 3.89. The first kappa shape index (κ1) is 36.8. The fourth-order valence-corrected chi connectivity index (χ4v) is 3.89. The van der Waals surface area contributed by atoms with E-state index in [4.69, 9.17) is 0 Å². The summed E-state index contributed by atoms with van der Waals surface area (Å²) >= 11 is 1.36. The van der Waals surface area contributed by atoms with Crippen LogP contribution in [0.5, 0.6) is 0 Å². The molecular weight excluding hydrogens is 539 g/mol. The van der Waals surface area contributed by atoms with Crippen molar-refractivity contribution < 1.29 is 23.3 Å². The Balaban J connectivity index is -0.000000522. The van der Waals surface area contributed by atoms with E-state index in [1.807, 2.05) is 0 Å². The van der Waals surface area contributed by atoms with Gasteiger partial charge in [0.1, 0.15) is 0 Å². The molecule has 180 valence electrons. The Morgan fingerprint density at radius 2 is 1.42 bits per heavy atom. The summed E-state index contributed by atoms with van der Waals surface area (Å²) in [5.74, 6) is 0.560. The maximum absolute atomic E-state index is 3.36. The van der Waals surface area contributed by atoms with E-state index in [9.17, 15) is 0 Å². The number of benzene rings is 2. The van der Waals surface area contributed by atoms with Crippen molar-refractivity contribution in [2.45, 2.75) is 48.5 Å². The summed E-state index contributed by atoms with van der Waals surface area (Å²) in [6.07, 6.45) is 3.36. The molecule has 33 heavy (non-hydrogen) atoms. The number of aryl methyl sites for hydroxylation is 2. The fraction of sp³-hybridized carbons (Fsp3) is 0.276. The van der Waals surface area contributed by atoms with E-state index in [2.05, 4.69) is 110 Å². The molecule has 0 spiro atoms. The molecule has 0 aliphatic heterocycles. The molecule has 4 heteroatoms. The van der Waals surface area contributed by atoms with Crippen LogP contribution in [-0.2, 0) is 23.3 Å². The second-order valence-corrected chi connectivity index (χ2v) is 7.89. The van der Waals surface area contributed by atoms with Gasteiger partial charge in [-0.1, -0.05) is 80.6 Å². The van der Waals surface area contributed by atoms with Gasteiger partial charge < -0.3 is 14.9 Å². The third-order valence-corrected chi connectivity index (χ3v) is 5.97. The number of hydrogen-bond acceptors (Lipinski definition) is 0. The molecule has 3 aromatic rings. The van der Waals surface area contributed by atoms with Gasteiger partial charge >= 0.3 is 30.2 Å². The SMILES string of the molecule is CC1=[C-]C(C)C(C)=C1C.Cc1cc2c(-c3ccccc3)c(C)c(C)cc2[cH-]1.Cl.Cl.[CH3-].[CH3-].[Si]=[Zr]. The Morgan fingerprint density at radius 1 is 0.879 bits per heavy atom. The molecule has 1 atom stereocenters. The molecule has 0 saturated heterocycles. The molecule has 3 aromatic carbocycles. The number of fused-ring (bicyclic) bond motifs is 1. The second kappa shape index (κ2) is 16.8. The maximum atomic E-state index is 3.36. The minimum absolute atomic E-state index is 0. The van der Waals surface area contributed by atoms with E-state index in [1.54, 1.807) is 0 Å². The van der Waals surface area contributed by atoms with Gasteiger partial charge in [-0.25, -0.2) is 5.57 Å². The van der Waals surface area contributed by atoms with E-state index in [0.29, 0.717) is 5.92 Å². The summed E-state index contributed by atoms with van der Waals surface area (Å²) in [7, 11) is 0. The monoisotopic (exact) mass is 574 g/mol. The normalized spacial score (nSPS) is 13.5. The Kier molecular flexibility index (Phi) is 18.7. The van der Waals surface area contributed by atoms with Crippen molar-refractivity contribution >= 4 is 42.5 Å². The standard InChI is InChI=1S/C18H17.C9H13.2CH3.2ClH.Si.Zr/c1-12-9-16-11-13(2)14(3)18(17(16)10-12)15-7-5-4-6-8-15;1-6-5-7(2)9(4)8(6)3;;;;;;/h4-11H,1-3H3;6H,1-4H3;2*1H3;2*1H;;/q4*-1;;;;. The molecule has 1 unspecified atom stereocenters. The van der Waals surface area contributed by atoms with Crippen LogP contribution in [0.3, 0.4) is 0 Å². The Morgan fingerprint density at radius 3 is 1.85 bits per heavy atom. The Bertz CT molecular complexity index is 1060. The second-order valence-electron chi connectivity index (χ2n) is 7.89. The molecule has 0 bridgehead atoms. The van der Waals surface area contributed by atoms with Gasteiger partial charge in [0.2, 0.25) is 0 Å². The zero-order valence-corrected chi connectivity index (χ0v) is 26.6. The van der Waals surface area contributed by atoms with Gasteiger partial charge in [-0.15, -0.1) is 60.2 Å². The van der Waals surface area contributed by atoms with Gasteiger partial charge in [0.15, 0.2) is 0 Å². The van der Waals surface area contributed by atoms with Gasteiger partial charge in [0.05, 0.1) is 0 Å². The van der Waals surface area contributed by atoms with Crippen molar-refractivity contribution in [2.75, 3.05) is 0 Å². The van der Waals surface area contributed by atoms with Crippen molar-refractivity contribution in [3.8, 4) is 11.1 Å². The van der Waals surface area contributed by atoms with E-state index in [0.717, 1.165) is 0 Å². The molecule has 1 aliphatic rings. The Hall–Kier alpha value is -0.790. The van der Waals surface area contributed by atoms with Crippen LogP contribution in [0.4, 0.5) is 0 Å². The van der Waals surface area contributed by atoms with Crippen LogP contribution in [0, 0.1) is 47.6 Å². The first-order valence-corrected chi connectivity index (χ1v) is 14.2. The molecule has 4 rings (SSSR count). The zero-order valence-electron chi connectivity index (χ0n) is 21.5. The summed E-state index contributed by atoms with van der Waals surface area (Å²) in [6.45, 7) is 18.3. The summed E-state index contributed by atoms with van der Waals surface area (Å²) in [4.78, 5) is 0. The van der Waals surface area contributed by atoms with E-state index in [-0.39, 0.29) is 39.7 Å². The third kappa shape index (κ3) is 8.74. The van der Waals surface area contributed by atoms with Crippen LogP contribution in [0.1, 0.15) is 44.4 Å². The van der Waals surface area contributed by atoms with E-state index < -0.39 is 0 Å². The van der Waals surface area contributed by atoms with Crippen LogP contribution in [0.2, 0.25) is 0 Å². The molecular formula is C29H38Cl2SiZr-4. The van der Waals surface area contributed by atoms with Crippen LogP contribution >= 0.6 is 24.8 Å². The van der Waals surface area contributed by atoms with E-state index >= 15 is 0 Å². The van der Waals surface area contributed by atoms with Gasteiger partial charge in [-0.05, 0) is 19.4 Å². The number of allylic oxidation sites excluding steroid dienone is 4. The summed E-state index contributed by atoms with van der Waals surface area (Å²) in [5, 5.41) is 2.73. The van der Waals surface area contributed by atoms with Gasteiger partial charge in [0.25, 0.3) is 0 Å². The summed E-state index contributed by atoms with van der Waals surface area (Å²) < 4.78 is 0. The molecule has 0 aromatic heterocycles. The van der Waals surface area contributed by atoms with Crippen molar-refractivity contribution in [2.24, 2.45) is 5.92 Å². The molecule has 0 amide bonds. The first-order chi connectivity index (χ1) is 13.8. The van der Waals surface area contributed by atoms with Crippen molar-refractivity contribution in [3.63, 3.8) is 0 Å². The zero-order chi connectivity index (χ0) is 21.7. The first-order valence-electron chi connectivity index (χ1n) is 10.0. The molecule has 0 N–H and O–H groups in total. The van der Waals surface area contributed by atoms with E-state index in [1.165, 1.54) is 78.6 Å². The van der Waals surface area contributed by atoms with Crippen molar-refractivity contribution in [1.82, 2.24) is 0 Å².